The molecule has 0 atom stereocenters. The van der Waals surface area contributed by atoms with Crippen LogP contribution in [0.3, 0.4) is 0 Å². The van der Waals surface area contributed by atoms with Gasteiger partial charge in [-0.05, 0) is 60.7 Å². The minimum atomic E-state index is 0.853. The van der Waals surface area contributed by atoms with E-state index in [0.29, 0.717) is 0 Å². The first kappa shape index (κ1) is 13.9. The summed E-state index contributed by atoms with van der Waals surface area (Å²) in [5.41, 5.74) is 5.25. The van der Waals surface area contributed by atoms with Crippen molar-refractivity contribution in [3.8, 4) is 22.7 Å². The smallest absolute Gasteiger partial charge is 0.133 e. The average molecular weight is 325 g/mol. The van der Waals surface area contributed by atoms with E-state index in [9.17, 15) is 0 Å². The van der Waals surface area contributed by atoms with E-state index < -0.39 is 0 Å². The molecule has 0 saturated carbocycles. The van der Waals surface area contributed by atoms with E-state index in [1.165, 1.54) is 0 Å². The molecule has 2 aromatic carbocycles. The van der Waals surface area contributed by atoms with E-state index >= 15 is 0 Å². The first-order valence-electron chi connectivity index (χ1n) is 8.13. The number of furan rings is 1. The zero-order chi connectivity index (χ0) is 16.6. The first-order chi connectivity index (χ1) is 12.4. The van der Waals surface area contributed by atoms with Crippen molar-refractivity contribution in [2.75, 3.05) is 0 Å². The molecule has 3 heterocycles. The van der Waals surface area contributed by atoms with E-state index in [1.54, 1.807) is 6.26 Å². The van der Waals surface area contributed by atoms with Crippen molar-refractivity contribution in [1.82, 2.24) is 14.1 Å². The van der Waals surface area contributed by atoms with Gasteiger partial charge in [-0.15, -0.1) is 0 Å². The summed E-state index contributed by atoms with van der Waals surface area (Å²) in [6, 6.07) is 22.5. The van der Waals surface area contributed by atoms with Crippen molar-refractivity contribution in [3.63, 3.8) is 0 Å². The minimum Gasteiger partial charge on any atom is -0.464 e. The fraction of sp³-hybridized carbons (Fsp3) is 0. The lowest BCUT2D eigenvalue weighted by molar-refractivity contribution is 0.582. The molecule has 0 amide bonds. The van der Waals surface area contributed by atoms with Crippen LogP contribution in [0.5, 0.6) is 0 Å². The summed E-state index contributed by atoms with van der Waals surface area (Å²) in [5, 5.41) is 0. The van der Waals surface area contributed by atoms with Gasteiger partial charge in [-0.3, -0.25) is 4.57 Å². The Kier molecular flexibility index (Phi) is 3.07. The van der Waals surface area contributed by atoms with Crippen molar-refractivity contribution in [2.45, 2.75) is 0 Å². The fourth-order valence-corrected chi connectivity index (χ4v) is 3.12. The molecule has 0 saturated heterocycles. The molecule has 0 spiro atoms. The summed E-state index contributed by atoms with van der Waals surface area (Å²) < 4.78 is 9.68. The molecule has 5 aromatic rings. The maximum absolute atomic E-state index is 5.48. The van der Waals surface area contributed by atoms with Crippen LogP contribution in [0.4, 0.5) is 0 Å². The lowest BCUT2D eigenvalue weighted by Gasteiger charge is -2.08. The van der Waals surface area contributed by atoms with E-state index in [0.717, 1.165) is 33.7 Å². The van der Waals surface area contributed by atoms with Gasteiger partial charge in [0.15, 0.2) is 0 Å². The first-order valence-corrected chi connectivity index (χ1v) is 8.13. The van der Waals surface area contributed by atoms with Gasteiger partial charge in [-0.1, -0.05) is 6.07 Å². The van der Waals surface area contributed by atoms with Crippen LogP contribution in [0.15, 0.2) is 96.1 Å². The van der Waals surface area contributed by atoms with Crippen LogP contribution >= 0.6 is 0 Å². The van der Waals surface area contributed by atoms with Crippen LogP contribution < -0.4 is 0 Å². The monoisotopic (exact) mass is 325 g/mol. The Hall–Kier alpha value is -3.53. The predicted molar refractivity (Wildman–Crippen MR) is 98.1 cm³/mol. The van der Waals surface area contributed by atoms with Crippen molar-refractivity contribution >= 4 is 11.0 Å². The second-order valence-corrected chi connectivity index (χ2v) is 5.91. The molecule has 3 aromatic heterocycles. The van der Waals surface area contributed by atoms with Crippen LogP contribution in [-0.4, -0.2) is 14.1 Å². The number of nitrogens with zero attached hydrogens (tertiary/aromatic N) is 3. The lowest BCUT2D eigenvalue weighted by atomic mass is 10.1. The second kappa shape index (κ2) is 5.53. The quantitative estimate of drug-likeness (QED) is 0.464. The van der Waals surface area contributed by atoms with Crippen molar-refractivity contribution in [1.29, 1.82) is 0 Å². The average Bonchev–Trinajstić information content (AvgIpc) is 3.42. The molecule has 4 nitrogen and oxygen atoms in total. The minimum absolute atomic E-state index is 0.853. The van der Waals surface area contributed by atoms with Crippen LogP contribution in [-0.2, 0) is 0 Å². The molecule has 25 heavy (non-hydrogen) atoms. The lowest BCUT2D eigenvalue weighted by Crippen LogP contribution is -1.95. The standard InChI is InChI=1S/C21H15N3O/c1-2-11-23(10-1)17-5-3-6-18(14-17)24-15-22-19-13-16(8-9-20(19)24)21-7-4-12-25-21/h1-15H. The molecule has 0 aliphatic rings. The summed E-state index contributed by atoms with van der Waals surface area (Å²) in [6.07, 6.45) is 7.64. The normalized spacial score (nSPS) is 11.2. The zero-order valence-corrected chi connectivity index (χ0v) is 13.4. The molecule has 0 bridgehead atoms. The molecular formula is C21H15N3O. The van der Waals surface area contributed by atoms with Gasteiger partial charge in [0.05, 0.1) is 17.3 Å². The number of aromatic nitrogens is 3. The van der Waals surface area contributed by atoms with E-state index in [2.05, 4.69) is 56.6 Å². The van der Waals surface area contributed by atoms with Crippen molar-refractivity contribution in [3.05, 3.63) is 91.7 Å². The third-order valence-corrected chi connectivity index (χ3v) is 4.36. The third kappa shape index (κ3) is 2.35. The third-order valence-electron chi connectivity index (χ3n) is 4.36. The summed E-state index contributed by atoms with van der Waals surface area (Å²) in [4.78, 5) is 4.57. The molecule has 0 unspecified atom stereocenters. The van der Waals surface area contributed by atoms with Gasteiger partial charge in [0.25, 0.3) is 0 Å². The molecule has 0 aliphatic heterocycles. The Balaban J connectivity index is 1.61. The van der Waals surface area contributed by atoms with Crippen LogP contribution in [0.25, 0.3) is 33.7 Å². The number of hydrogen-bond acceptors (Lipinski definition) is 2. The van der Waals surface area contributed by atoms with Gasteiger partial charge in [0.1, 0.15) is 12.1 Å². The van der Waals surface area contributed by atoms with E-state index in [-0.39, 0.29) is 0 Å². The van der Waals surface area contributed by atoms with Gasteiger partial charge in [-0.2, -0.15) is 0 Å². The largest absolute Gasteiger partial charge is 0.464 e. The van der Waals surface area contributed by atoms with Gasteiger partial charge >= 0.3 is 0 Å². The maximum atomic E-state index is 5.48. The summed E-state index contributed by atoms with van der Waals surface area (Å²) >= 11 is 0. The number of imidazole rings is 1. The Labute approximate surface area is 144 Å². The van der Waals surface area contributed by atoms with Crippen molar-refractivity contribution in [2.24, 2.45) is 0 Å². The molecule has 5 rings (SSSR count). The molecule has 4 heteroatoms. The Morgan fingerprint density at radius 2 is 1.68 bits per heavy atom. The molecule has 120 valence electrons. The molecular weight excluding hydrogens is 310 g/mol. The van der Waals surface area contributed by atoms with Gasteiger partial charge in [-0.25, -0.2) is 4.98 Å². The molecule has 0 N–H and O–H groups in total. The van der Waals surface area contributed by atoms with Crippen LogP contribution in [0.2, 0.25) is 0 Å². The van der Waals surface area contributed by atoms with Crippen LogP contribution in [0, 0.1) is 0 Å². The van der Waals surface area contributed by atoms with Crippen molar-refractivity contribution < 1.29 is 4.42 Å². The molecule has 0 aliphatic carbocycles. The highest BCUT2D eigenvalue weighted by molar-refractivity contribution is 5.82. The highest BCUT2D eigenvalue weighted by Crippen LogP contribution is 2.26. The van der Waals surface area contributed by atoms with Gasteiger partial charge in [0.2, 0.25) is 0 Å². The Morgan fingerprint density at radius 1 is 0.800 bits per heavy atom. The number of benzene rings is 2. The highest BCUT2D eigenvalue weighted by Gasteiger charge is 2.08. The molecule has 0 radical (unpaired) electrons. The van der Waals surface area contributed by atoms with E-state index in [1.807, 2.05) is 43.0 Å². The molecule has 0 fully saturated rings. The van der Waals surface area contributed by atoms with Gasteiger partial charge in [0, 0.05) is 29.3 Å². The Morgan fingerprint density at radius 3 is 2.52 bits per heavy atom. The number of rotatable bonds is 3. The summed E-state index contributed by atoms with van der Waals surface area (Å²) in [6.45, 7) is 0. The maximum Gasteiger partial charge on any atom is 0.133 e. The highest BCUT2D eigenvalue weighted by atomic mass is 16.3. The number of hydrogen-bond donors (Lipinski definition) is 0. The second-order valence-electron chi connectivity index (χ2n) is 5.91. The SMILES string of the molecule is c1cc(-n2cccc2)cc(-n2cnc3cc(-c4ccco4)ccc32)c1. The van der Waals surface area contributed by atoms with Crippen LogP contribution in [0.1, 0.15) is 0 Å². The Bertz CT molecular complexity index is 1140. The topological polar surface area (TPSA) is 35.9 Å². The zero-order valence-electron chi connectivity index (χ0n) is 13.4. The summed E-state index contributed by atoms with van der Waals surface area (Å²) in [5.74, 6) is 0.853. The number of fused-ring (bicyclic) bond motifs is 1. The fourth-order valence-electron chi connectivity index (χ4n) is 3.12. The van der Waals surface area contributed by atoms with Gasteiger partial charge < -0.3 is 8.98 Å². The van der Waals surface area contributed by atoms with E-state index in [4.69, 9.17) is 4.42 Å². The summed E-state index contributed by atoms with van der Waals surface area (Å²) in [7, 11) is 0. The predicted octanol–water partition coefficient (Wildman–Crippen LogP) is 5.08.